The van der Waals surface area contributed by atoms with E-state index in [0.29, 0.717) is 12.1 Å². The Balaban J connectivity index is 3.48. The first kappa shape index (κ1) is 10.9. The van der Waals surface area contributed by atoms with Gasteiger partial charge in [-0.25, -0.2) is 0 Å². The van der Waals surface area contributed by atoms with Gasteiger partial charge in [0.2, 0.25) is 0 Å². The number of nitrogens with zero attached hydrogens (tertiary/aromatic N) is 1. The zero-order valence-electron chi connectivity index (χ0n) is 8.52. The van der Waals surface area contributed by atoms with Crippen LogP contribution >= 0.6 is 0 Å². The van der Waals surface area contributed by atoms with Gasteiger partial charge < -0.3 is 10.2 Å². The highest BCUT2D eigenvalue weighted by atomic mass is 15.1. The van der Waals surface area contributed by atoms with Crippen molar-refractivity contribution in [3.63, 3.8) is 0 Å². The molecule has 0 aliphatic rings. The molecule has 11 heavy (non-hydrogen) atoms. The van der Waals surface area contributed by atoms with Gasteiger partial charge >= 0.3 is 0 Å². The van der Waals surface area contributed by atoms with Gasteiger partial charge in [0, 0.05) is 12.1 Å². The molecule has 0 bridgehead atoms. The van der Waals surface area contributed by atoms with Gasteiger partial charge in [0.05, 0.1) is 0 Å². The summed E-state index contributed by atoms with van der Waals surface area (Å²) in [5, 5.41) is 3.40. The number of hydrogen-bond donors (Lipinski definition) is 1. The molecule has 0 aromatic carbocycles. The van der Waals surface area contributed by atoms with Crippen LogP contribution in [-0.2, 0) is 0 Å². The summed E-state index contributed by atoms with van der Waals surface area (Å²) in [6.07, 6.45) is 1.22. The largest absolute Gasteiger partial charge is 0.314 e. The van der Waals surface area contributed by atoms with E-state index in [0.717, 1.165) is 6.54 Å². The van der Waals surface area contributed by atoms with E-state index in [9.17, 15) is 0 Å². The summed E-state index contributed by atoms with van der Waals surface area (Å²) in [6, 6.07) is 1.31. The second-order valence-corrected chi connectivity index (χ2v) is 3.51. The van der Waals surface area contributed by atoms with Crippen LogP contribution in [0.2, 0.25) is 0 Å². The van der Waals surface area contributed by atoms with Gasteiger partial charge in [0.1, 0.15) is 0 Å². The van der Waals surface area contributed by atoms with Gasteiger partial charge in [0.15, 0.2) is 0 Å². The molecule has 0 saturated carbocycles. The first-order valence-corrected chi connectivity index (χ1v) is 4.47. The average Bonchev–Trinajstić information content (AvgIpc) is 1.87. The fraction of sp³-hybridized carbons (Fsp3) is 1.00. The van der Waals surface area contributed by atoms with Crippen LogP contribution in [0.3, 0.4) is 0 Å². The summed E-state index contributed by atoms with van der Waals surface area (Å²) in [5.41, 5.74) is 0. The summed E-state index contributed by atoms with van der Waals surface area (Å²) >= 11 is 0. The van der Waals surface area contributed by atoms with Crippen molar-refractivity contribution in [3.05, 3.63) is 0 Å². The Morgan fingerprint density at radius 1 is 1.27 bits per heavy atom. The number of nitrogens with one attached hydrogen (secondary N) is 1. The topological polar surface area (TPSA) is 15.3 Å². The third-order valence-electron chi connectivity index (χ3n) is 2.13. The van der Waals surface area contributed by atoms with Crippen molar-refractivity contribution in [1.29, 1.82) is 0 Å². The second kappa shape index (κ2) is 5.56. The van der Waals surface area contributed by atoms with Crippen LogP contribution in [0, 0.1) is 0 Å². The normalized spacial score (nSPS) is 16.9. The molecule has 2 atom stereocenters. The maximum atomic E-state index is 3.40. The zero-order chi connectivity index (χ0) is 8.85. The lowest BCUT2D eigenvalue weighted by Crippen LogP contribution is -2.34. The lowest BCUT2D eigenvalue weighted by atomic mass is 10.1. The van der Waals surface area contributed by atoms with Crippen molar-refractivity contribution in [3.8, 4) is 0 Å². The molecule has 0 radical (unpaired) electrons. The molecule has 1 N–H and O–H groups in total. The predicted molar refractivity (Wildman–Crippen MR) is 50.9 cm³/mol. The highest BCUT2D eigenvalue weighted by Gasteiger charge is 2.08. The molecule has 0 aromatic heterocycles. The quantitative estimate of drug-likeness (QED) is 0.649. The van der Waals surface area contributed by atoms with E-state index < -0.39 is 0 Å². The van der Waals surface area contributed by atoms with Gasteiger partial charge in [-0.15, -0.1) is 0 Å². The molecule has 0 amide bonds. The van der Waals surface area contributed by atoms with E-state index in [1.165, 1.54) is 6.42 Å². The van der Waals surface area contributed by atoms with Crippen LogP contribution < -0.4 is 5.32 Å². The Morgan fingerprint density at radius 3 is 2.18 bits per heavy atom. The third-order valence-corrected chi connectivity index (χ3v) is 2.13. The minimum atomic E-state index is 0.636. The smallest absolute Gasteiger partial charge is 0.00755 e. The van der Waals surface area contributed by atoms with Gasteiger partial charge in [-0.2, -0.15) is 0 Å². The molecule has 68 valence electrons. The molecule has 0 fully saturated rings. The Labute approximate surface area is 71.0 Å². The minimum absolute atomic E-state index is 0.636. The van der Waals surface area contributed by atoms with Gasteiger partial charge in [-0.3, -0.25) is 0 Å². The average molecular weight is 158 g/mol. The molecular weight excluding hydrogens is 136 g/mol. The predicted octanol–water partition coefficient (Wildman–Crippen LogP) is 1.32. The highest BCUT2D eigenvalue weighted by Crippen LogP contribution is 2.01. The van der Waals surface area contributed by atoms with Gasteiger partial charge in [0.25, 0.3) is 0 Å². The van der Waals surface area contributed by atoms with E-state index in [1.807, 2.05) is 0 Å². The molecule has 0 saturated heterocycles. The van der Waals surface area contributed by atoms with Crippen molar-refractivity contribution < 1.29 is 0 Å². The Kier molecular flexibility index (Phi) is 5.51. The van der Waals surface area contributed by atoms with Crippen LogP contribution in [0.1, 0.15) is 27.2 Å². The van der Waals surface area contributed by atoms with Crippen molar-refractivity contribution in [2.45, 2.75) is 39.3 Å². The van der Waals surface area contributed by atoms with Crippen molar-refractivity contribution >= 4 is 0 Å². The summed E-state index contributed by atoms with van der Waals surface area (Å²) < 4.78 is 0. The van der Waals surface area contributed by atoms with E-state index in [-0.39, 0.29) is 0 Å². The first-order valence-electron chi connectivity index (χ1n) is 4.47. The Bertz CT molecular complexity index is 91.6. The van der Waals surface area contributed by atoms with Gasteiger partial charge in [-0.05, 0) is 40.9 Å². The third kappa shape index (κ3) is 5.22. The summed E-state index contributed by atoms with van der Waals surface area (Å²) in [4.78, 5) is 2.26. The number of hydrogen-bond acceptors (Lipinski definition) is 2. The summed E-state index contributed by atoms with van der Waals surface area (Å²) in [7, 11) is 4.26. The standard InChI is InChI=1S/C9H22N2/c1-6-10-8(2)7-9(3)11(4)5/h8-10H,6-7H2,1-5H3. The highest BCUT2D eigenvalue weighted by molar-refractivity contribution is 4.68. The van der Waals surface area contributed by atoms with Crippen molar-refractivity contribution in [2.24, 2.45) is 0 Å². The van der Waals surface area contributed by atoms with E-state index in [1.54, 1.807) is 0 Å². The minimum Gasteiger partial charge on any atom is -0.314 e. The van der Waals surface area contributed by atoms with Crippen LogP contribution in [-0.4, -0.2) is 37.6 Å². The summed E-state index contributed by atoms with van der Waals surface area (Å²) in [6.45, 7) is 7.72. The Hall–Kier alpha value is -0.0800. The zero-order valence-corrected chi connectivity index (χ0v) is 8.52. The first-order chi connectivity index (χ1) is 5.07. The van der Waals surface area contributed by atoms with Crippen LogP contribution in [0.4, 0.5) is 0 Å². The molecule has 0 aromatic rings. The maximum Gasteiger partial charge on any atom is 0.00755 e. The van der Waals surface area contributed by atoms with Crippen molar-refractivity contribution in [1.82, 2.24) is 10.2 Å². The molecule has 0 heterocycles. The van der Waals surface area contributed by atoms with Crippen LogP contribution in [0.25, 0.3) is 0 Å². The molecule has 2 unspecified atom stereocenters. The molecule has 0 spiro atoms. The van der Waals surface area contributed by atoms with Crippen molar-refractivity contribution in [2.75, 3.05) is 20.6 Å². The van der Waals surface area contributed by atoms with Crippen LogP contribution in [0.15, 0.2) is 0 Å². The van der Waals surface area contributed by atoms with Crippen LogP contribution in [0.5, 0.6) is 0 Å². The number of rotatable bonds is 5. The molecular formula is C9H22N2. The lowest BCUT2D eigenvalue weighted by Gasteiger charge is -2.23. The van der Waals surface area contributed by atoms with E-state index in [2.05, 4.69) is 45.1 Å². The Morgan fingerprint density at radius 2 is 1.82 bits per heavy atom. The molecule has 0 rings (SSSR count). The summed E-state index contributed by atoms with van der Waals surface area (Å²) in [5.74, 6) is 0. The maximum absolute atomic E-state index is 3.40. The van der Waals surface area contributed by atoms with E-state index in [4.69, 9.17) is 0 Å². The second-order valence-electron chi connectivity index (χ2n) is 3.51. The lowest BCUT2D eigenvalue weighted by molar-refractivity contribution is 0.276. The fourth-order valence-electron chi connectivity index (χ4n) is 1.15. The molecule has 0 aliphatic heterocycles. The fourth-order valence-corrected chi connectivity index (χ4v) is 1.15. The molecule has 0 aliphatic carbocycles. The molecule has 2 heteroatoms. The van der Waals surface area contributed by atoms with E-state index >= 15 is 0 Å². The SMILES string of the molecule is CCNC(C)CC(C)N(C)C. The van der Waals surface area contributed by atoms with Gasteiger partial charge in [-0.1, -0.05) is 6.92 Å². The monoisotopic (exact) mass is 158 g/mol. The molecule has 2 nitrogen and oxygen atoms in total.